The van der Waals surface area contributed by atoms with E-state index in [1.807, 2.05) is 0 Å². The van der Waals surface area contributed by atoms with Crippen LogP contribution in [-0.2, 0) is 0 Å². The van der Waals surface area contributed by atoms with Crippen molar-refractivity contribution >= 4 is 17.7 Å². The van der Waals surface area contributed by atoms with Gasteiger partial charge in [-0.15, -0.1) is 0 Å². The summed E-state index contributed by atoms with van der Waals surface area (Å²) in [7, 11) is 3.00. The predicted molar refractivity (Wildman–Crippen MR) is 72.7 cm³/mol. The molecule has 0 bridgehead atoms. The third kappa shape index (κ3) is 3.39. The van der Waals surface area contributed by atoms with Crippen molar-refractivity contribution < 1.29 is 19.4 Å². The van der Waals surface area contributed by atoms with E-state index >= 15 is 0 Å². The Kier molecular flexibility index (Phi) is 4.41. The van der Waals surface area contributed by atoms with Crippen molar-refractivity contribution in [1.29, 1.82) is 0 Å². The predicted octanol–water partition coefficient (Wildman–Crippen LogP) is 2.34. The summed E-state index contributed by atoms with van der Waals surface area (Å²) in [5.41, 5.74) is 0.213. The number of hydrogen-bond acceptors (Lipinski definition) is 6. The average molecular weight is 292 g/mol. The van der Waals surface area contributed by atoms with Crippen molar-refractivity contribution in [2.75, 3.05) is 14.2 Å². The lowest BCUT2D eigenvalue weighted by Crippen LogP contribution is -1.97. The molecule has 7 heteroatoms. The minimum Gasteiger partial charge on any atom is -0.481 e. The molecule has 0 unspecified atom stereocenters. The molecule has 0 atom stereocenters. The van der Waals surface area contributed by atoms with Crippen molar-refractivity contribution in [2.45, 2.75) is 10.1 Å². The molecule has 1 aromatic heterocycles. The van der Waals surface area contributed by atoms with Crippen molar-refractivity contribution in [1.82, 2.24) is 9.97 Å². The first-order valence-electron chi connectivity index (χ1n) is 5.60. The second-order valence-electron chi connectivity index (χ2n) is 3.67. The van der Waals surface area contributed by atoms with Gasteiger partial charge in [0, 0.05) is 4.90 Å². The molecular formula is C13H12N2O4S. The van der Waals surface area contributed by atoms with Crippen LogP contribution in [0.4, 0.5) is 0 Å². The molecule has 104 valence electrons. The van der Waals surface area contributed by atoms with Gasteiger partial charge in [0.1, 0.15) is 0 Å². The van der Waals surface area contributed by atoms with Crippen LogP contribution in [-0.4, -0.2) is 35.3 Å². The summed E-state index contributed by atoms with van der Waals surface area (Å²) in [6, 6.07) is 8.11. The molecule has 1 aromatic carbocycles. The first kappa shape index (κ1) is 14.1. The summed E-state index contributed by atoms with van der Waals surface area (Å²) in [5, 5.41) is 9.38. The minimum absolute atomic E-state index is 0.213. The van der Waals surface area contributed by atoms with Crippen LogP contribution in [0.1, 0.15) is 10.4 Å². The molecule has 0 radical (unpaired) electrons. The van der Waals surface area contributed by atoms with Gasteiger partial charge in [-0.1, -0.05) is 6.07 Å². The Morgan fingerprint density at radius 1 is 1.15 bits per heavy atom. The van der Waals surface area contributed by atoms with Crippen molar-refractivity contribution in [3.05, 3.63) is 35.9 Å². The minimum atomic E-state index is -0.975. The number of ether oxygens (including phenoxy) is 2. The number of rotatable bonds is 5. The maximum absolute atomic E-state index is 10.9. The number of nitrogens with zero attached hydrogens (tertiary/aromatic N) is 2. The van der Waals surface area contributed by atoms with Gasteiger partial charge in [-0.05, 0) is 30.0 Å². The highest BCUT2D eigenvalue weighted by atomic mass is 32.2. The van der Waals surface area contributed by atoms with Crippen LogP contribution in [0.3, 0.4) is 0 Å². The molecule has 2 aromatic rings. The van der Waals surface area contributed by atoms with E-state index in [1.165, 1.54) is 32.0 Å². The van der Waals surface area contributed by atoms with Crippen LogP contribution in [0.15, 0.2) is 40.4 Å². The standard InChI is InChI=1S/C13H12N2O4S/c1-18-10-7-11(19-2)15-13(14-10)20-9-5-3-4-8(6-9)12(16)17/h3-7H,1-2H3,(H,16,17). The second-order valence-corrected chi connectivity index (χ2v) is 4.71. The lowest BCUT2D eigenvalue weighted by Gasteiger charge is -2.06. The molecule has 0 fully saturated rings. The number of benzene rings is 1. The van der Waals surface area contributed by atoms with Gasteiger partial charge in [0.05, 0.1) is 25.8 Å². The van der Waals surface area contributed by atoms with Gasteiger partial charge in [0.15, 0.2) is 5.16 Å². The van der Waals surface area contributed by atoms with E-state index < -0.39 is 5.97 Å². The highest BCUT2D eigenvalue weighted by Gasteiger charge is 2.09. The summed E-state index contributed by atoms with van der Waals surface area (Å²) in [4.78, 5) is 20.0. The molecule has 20 heavy (non-hydrogen) atoms. The molecule has 0 amide bonds. The Balaban J connectivity index is 2.29. The van der Waals surface area contributed by atoms with Gasteiger partial charge < -0.3 is 14.6 Å². The van der Waals surface area contributed by atoms with Crippen molar-refractivity contribution in [2.24, 2.45) is 0 Å². The van der Waals surface area contributed by atoms with Crippen LogP contribution in [0.5, 0.6) is 11.8 Å². The molecule has 0 spiro atoms. The molecule has 0 saturated carbocycles. The Morgan fingerprint density at radius 3 is 2.35 bits per heavy atom. The van der Waals surface area contributed by atoms with Gasteiger partial charge >= 0.3 is 5.97 Å². The SMILES string of the molecule is COc1cc(OC)nc(Sc2cccc(C(=O)O)c2)n1. The third-order valence-corrected chi connectivity index (χ3v) is 3.22. The average Bonchev–Trinajstić information content (AvgIpc) is 2.47. The van der Waals surface area contributed by atoms with E-state index in [0.29, 0.717) is 16.9 Å². The first-order chi connectivity index (χ1) is 9.62. The molecule has 0 saturated heterocycles. The molecular weight excluding hydrogens is 280 g/mol. The van der Waals surface area contributed by atoms with E-state index in [2.05, 4.69) is 9.97 Å². The Hall–Kier alpha value is -2.28. The highest BCUT2D eigenvalue weighted by molar-refractivity contribution is 7.99. The molecule has 1 N–H and O–H groups in total. The second kappa shape index (κ2) is 6.25. The summed E-state index contributed by atoms with van der Waals surface area (Å²) in [5.74, 6) is -0.209. The number of carboxylic acids is 1. The van der Waals surface area contributed by atoms with E-state index in [1.54, 1.807) is 24.3 Å². The van der Waals surface area contributed by atoms with Crippen LogP contribution in [0.25, 0.3) is 0 Å². The van der Waals surface area contributed by atoms with Gasteiger partial charge in [-0.25, -0.2) is 4.79 Å². The summed E-state index contributed by atoms with van der Waals surface area (Å²) >= 11 is 1.23. The fourth-order valence-electron chi connectivity index (χ4n) is 1.44. The number of aromatic carboxylic acids is 1. The fraction of sp³-hybridized carbons (Fsp3) is 0.154. The van der Waals surface area contributed by atoms with Gasteiger partial charge in [0.2, 0.25) is 11.8 Å². The third-order valence-electron chi connectivity index (χ3n) is 2.37. The lowest BCUT2D eigenvalue weighted by molar-refractivity contribution is 0.0696. The summed E-state index contributed by atoms with van der Waals surface area (Å²) < 4.78 is 10.1. The quantitative estimate of drug-likeness (QED) is 0.847. The Labute approximate surface area is 119 Å². The number of hydrogen-bond donors (Lipinski definition) is 1. The van der Waals surface area contributed by atoms with Crippen molar-refractivity contribution in [3.63, 3.8) is 0 Å². The maximum atomic E-state index is 10.9. The molecule has 6 nitrogen and oxygen atoms in total. The molecule has 1 heterocycles. The van der Waals surface area contributed by atoms with E-state index in [9.17, 15) is 4.79 Å². The van der Waals surface area contributed by atoms with Crippen LogP contribution >= 0.6 is 11.8 Å². The van der Waals surface area contributed by atoms with Crippen LogP contribution in [0.2, 0.25) is 0 Å². The largest absolute Gasteiger partial charge is 0.481 e. The smallest absolute Gasteiger partial charge is 0.335 e. The molecule has 2 rings (SSSR count). The van der Waals surface area contributed by atoms with Gasteiger partial charge in [-0.3, -0.25) is 0 Å². The zero-order valence-electron chi connectivity index (χ0n) is 10.9. The van der Waals surface area contributed by atoms with Gasteiger partial charge in [-0.2, -0.15) is 9.97 Å². The lowest BCUT2D eigenvalue weighted by atomic mass is 10.2. The normalized spacial score (nSPS) is 10.1. The number of carbonyl (C=O) groups is 1. The molecule has 0 aliphatic heterocycles. The van der Waals surface area contributed by atoms with E-state index in [4.69, 9.17) is 14.6 Å². The zero-order valence-corrected chi connectivity index (χ0v) is 11.7. The molecule has 0 aliphatic carbocycles. The fourth-order valence-corrected chi connectivity index (χ4v) is 2.25. The summed E-state index contributed by atoms with van der Waals surface area (Å²) in [6.07, 6.45) is 0. The van der Waals surface area contributed by atoms with Crippen LogP contribution < -0.4 is 9.47 Å². The monoisotopic (exact) mass is 292 g/mol. The van der Waals surface area contributed by atoms with Crippen LogP contribution in [0, 0.1) is 0 Å². The highest BCUT2D eigenvalue weighted by Crippen LogP contribution is 2.28. The number of methoxy groups -OCH3 is 2. The Morgan fingerprint density at radius 2 is 1.80 bits per heavy atom. The number of aromatic nitrogens is 2. The zero-order chi connectivity index (χ0) is 14.5. The number of carboxylic acid groups (broad SMARTS) is 1. The summed E-state index contributed by atoms with van der Waals surface area (Å²) in [6.45, 7) is 0. The van der Waals surface area contributed by atoms with E-state index in [-0.39, 0.29) is 5.56 Å². The Bertz CT molecular complexity index is 611. The van der Waals surface area contributed by atoms with Gasteiger partial charge in [0.25, 0.3) is 0 Å². The topological polar surface area (TPSA) is 81.5 Å². The first-order valence-corrected chi connectivity index (χ1v) is 6.42. The van der Waals surface area contributed by atoms with Crippen molar-refractivity contribution in [3.8, 4) is 11.8 Å². The van der Waals surface area contributed by atoms with E-state index in [0.717, 1.165) is 4.90 Å². The maximum Gasteiger partial charge on any atom is 0.335 e. The molecule has 0 aliphatic rings.